The number of hydrogen-bond donors (Lipinski definition) is 2. The van der Waals surface area contributed by atoms with E-state index in [2.05, 4.69) is 14.8 Å². The molecule has 0 saturated heterocycles. The van der Waals surface area contributed by atoms with Gasteiger partial charge in [-0.2, -0.15) is 0 Å². The lowest BCUT2D eigenvalue weighted by molar-refractivity contribution is -0.274. The summed E-state index contributed by atoms with van der Waals surface area (Å²) in [7, 11) is -1.25. The van der Waals surface area contributed by atoms with Crippen molar-refractivity contribution in [1.29, 1.82) is 0 Å². The van der Waals surface area contributed by atoms with Gasteiger partial charge in [0.15, 0.2) is 0 Å². The topological polar surface area (TPSA) is 67.4 Å². The fourth-order valence-corrected chi connectivity index (χ4v) is 4.55. The quantitative estimate of drug-likeness (QED) is 0.439. The second-order valence-electron chi connectivity index (χ2n) is 8.10. The number of ether oxygens (including phenoxy) is 1. The highest BCUT2D eigenvalue weighted by Gasteiger charge is 2.32. The van der Waals surface area contributed by atoms with Crippen molar-refractivity contribution in [2.75, 3.05) is 5.32 Å². The number of alkyl halides is 3. The van der Waals surface area contributed by atoms with E-state index in [1.54, 1.807) is 61.5 Å². The van der Waals surface area contributed by atoms with Crippen LogP contribution in [0.15, 0.2) is 71.6 Å². The first-order chi connectivity index (χ1) is 16.2. The van der Waals surface area contributed by atoms with E-state index < -0.39 is 17.3 Å². The summed E-state index contributed by atoms with van der Waals surface area (Å²) in [6.07, 6.45) is -2.58. The molecule has 3 aromatic carbocycles. The van der Waals surface area contributed by atoms with Gasteiger partial charge >= 0.3 is 6.36 Å². The summed E-state index contributed by atoms with van der Waals surface area (Å²) in [6.45, 7) is 1.75. The lowest BCUT2D eigenvalue weighted by Crippen LogP contribution is -2.19. The minimum Gasteiger partial charge on any atom is -0.405 e. The van der Waals surface area contributed by atoms with Crippen LogP contribution in [0.1, 0.15) is 24.0 Å². The van der Waals surface area contributed by atoms with Crippen molar-refractivity contribution in [2.24, 2.45) is 0 Å². The molecule has 1 unspecified atom stereocenters. The smallest absolute Gasteiger partial charge is 0.405 e. The maximum Gasteiger partial charge on any atom is 0.573 e. The van der Waals surface area contributed by atoms with E-state index in [4.69, 9.17) is 0 Å². The first-order valence-corrected chi connectivity index (χ1v) is 11.9. The number of para-hydroxylation sites is 1. The van der Waals surface area contributed by atoms with Crippen LogP contribution in [0.2, 0.25) is 0 Å². The van der Waals surface area contributed by atoms with E-state index in [1.165, 1.54) is 12.1 Å². The molecule has 2 N–H and O–H groups in total. The normalized spacial score (nSPS) is 14.5. The van der Waals surface area contributed by atoms with Crippen LogP contribution in [0.25, 0.3) is 11.1 Å². The molecule has 9 heteroatoms. The van der Waals surface area contributed by atoms with Gasteiger partial charge in [-0.25, -0.2) is 8.93 Å². The summed E-state index contributed by atoms with van der Waals surface area (Å²) >= 11 is 0. The van der Waals surface area contributed by atoms with Gasteiger partial charge in [0.05, 0.1) is 11.3 Å². The fraction of sp³-hybridized carbons (Fsp3) is 0.240. The number of rotatable bonds is 8. The first kappa shape index (κ1) is 24.0. The number of nitrogens with one attached hydrogen (secondary N) is 2. The largest absolute Gasteiger partial charge is 0.573 e. The number of carbonyl (C=O) groups is 1. The molecule has 1 saturated carbocycles. The van der Waals surface area contributed by atoms with Crippen molar-refractivity contribution < 1.29 is 26.9 Å². The maximum atomic E-state index is 12.8. The summed E-state index contributed by atoms with van der Waals surface area (Å²) < 4.78 is 57.6. The molecule has 1 aliphatic rings. The van der Waals surface area contributed by atoms with Gasteiger partial charge in [-0.15, -0.1) is 13.2 Å². The van der Waals surface area contributed by atoms with Crippen LogP contribution in [0, 0.1) is 6.92 Å². The molecule has 0 heterocycles. The third-order valence-corrected chi connectivity index (χ3v) is 6.51. The van der Waals surface area contributed by atoms with Crippen LogP contribution >= 0.6 is 0 Å². The highest BCUT2D eigenvalue weighted by atomic mass is 32.2. The molecule has 4 rings (SSSR count). The molecule has 5 nitrogen and oxygen atoms in total. The van der Waals surface area contributed by atoms with E-state index in [0.717, 1.165) is 18.4 Å². The van der Waals surface area contributed by atoms with E-state index >= 15 is 0 Å². The molecule has 3 aromatic rings. The van der Waals surface area contributed by atoms with E-state index in [1.807, 2.05) is 0 Å². The van der Waals surface area contributed by atoms with Crippen molar-refractivity contribution >= 4 is 22.6 Å². The average Bonchev–Trinajstić information content (AvgIpc) is 3.58. The van der Waals surface area contributed by atoms with E-state index in [9.17, 15) is 22.2 Å². The van der Waals surface area contributed by atoms with E-state index in [0.29, 0.717) is 33.3 Å². The fourth-order valence-electron chi connectivity index (χ4n) is 3.49. The number of carbonyl (C=O) groups excluding carboxylic acids is 1. The van der Waals surface area contributed by atoms with Crippen molar-refractivity contribution in [1.82, 2.24) is 4.72 Å². The Kier molecular flexibility index (Phi) is 7.04. The molecule has 1 fully saturated rings. The highest BCUT2D eigenvalue weighted by molar-refractivity contribution is 7.83. The SMILES string of the molecule is Cc1cc(NC(=O)Cc2ccc(S(=O)NC3CC3)cc2)ccc1-c1ccccc1OC(F)(F)F. The third-order valence-electron chi connectivity index (χ3n) is 5.27. The van der Waals surface area contributed by atoms with E-state index in [-0.39, 0.29) is 18.1 Å². The standard InChI is InChI=1S/C25H23F3N2O3S/c1-16-14-19(10-13-21(16)22-4-2-3-5-23(22)33-25(26,27)28)29-24(31)15-17-6-11-20(12-7-17)34(32)30-18-8-9-18/h2-7,10-14,18,30H,8-9,15H2,1H3,(H,29,31). The van der Waals surface area contributed by atoms with Gasteiger partial charge in [-0.05, 0) is 66.8 Å². The number of amides is 1. The van der Waals surface area contributed by atoms with Crippen LogP contribution in [0.5, 0.6) is 5.75 Å². The molecule has 34 heavy (non-hydrogen) atoms. The Bertz CT molecular complexity index is 1210. The number of halogens is 3. The van der Waals surface area contributed by atoms with Gasteiger partial charge in [-0.1, -0.05) is 36.4 Å². The second kappa shape index (κ2) is 9.99. The maximum absolute atomic E-state index is 12.8. The van der Waals surface area contributed by atoms with Gasteiger partial charge in [0.25, 0.3) is 0 Å². The number of hydrogen-bond acceptors (Lipinski definition) is 3. The zero-order valence-electron chi connectivity index (χ0n) is 18.3. The predicted molar refractivity (Wildman–Crippen MR) is 125 cm³/mol. The first-order valence-electron chi connectivity index (χ1n) is 10.7. The molecule has 0 spiro atoms. The molecule has 1 atom stereocenters. The minimum atomic E-state index is -4.79. The van der Waals surface area contributed by atoms with Crippen molar-refractivity contribution in [3.05, 3.63) is 77.9 Å². The molecule has 0 aromatic heterocycles. The minimum absolute atomic E-state index is 0.131. The van der Waals surface area contributed by atoms with Crippen LogP contribution in [-0.2, 0) is 22.2 Å². The van der Waals surface area contributed by atoms with Crippen LogP contribution in [-0.4, -0.2) is 22.5 Å². The average molecular weight is 489 g/mol. The summed E-state index contributed by atoms with van der Waals surface area (Å²) in [6, 6.07) is 18.3. The Morgan fingerprint density at radius 2 is 1.74 bits per heavy atom. The van der Waals surface area contributed by atoms with Crippen LogP contribution in [0.4, 0.5) is 18.9 Å². The molecular formula is C25H23F3N2O3S. The number of benzene rings is 3. The Balaban J connectivity index is 1.41. The second-order valence-corrected chi connectivity index (χ2v) is 9.35. The molecule has 0 radical (unpaired) electrons. The van der Waals surface area contributed by atoms with Crippen molar-refractivity contribution in [2.45, 2.75) is 43.5 Å². The Morgan fingerprint density at radius 1 is 1.03 bits per heavy atom. The molecule has 1 amide bonds. The molecule has 0 bridgehead atoms. The zero-order valence-corrected chi connectivity index (χ0v) is 19.1. The lowest BCUT2D eigenvalue weighted by atomic mass is 9.99. The predicted octanol–water partition coefficient (Wildman–Crippen LogP) is 5.52. The van der Waals surface area contributed by atoms with Crippen molar-refractivity contribution in [3.63, 3.8) is 0 Å². The molecule has 1 aliphatic carbocycles. The summed E-state index contributed by atoms with van der Waals surface area (Å²) in [5.41, 5.74) is 2.87. The Labute approximate surface area is 197 Å². The third kappa shape index (κ3) is 6.45. The number of anilines is 1. The highest BCUT2D eigenvalue weighted by Crippen LogP contribution is 2.36. The number of aryl methyl sites for hydroxylation is 1. The lowest BCUT2D eigenvalue weighted by Gasteiger charge is -2.15. The molecule has 178 valence electrons. The van der Waals surface area contributed by atoms with Gasteiger partial charge < -0.3 is 10.1 Å². The van der Waals surface area contributed by atoms with Gasteiger partial charge in [0.1, 0.15) is 16.7 Å². The van der Waals surface area contributed by atoms with Crippen molar-refractivity contribution in [3.8, 4) is 16.9 Å². The zero-order chi connectivity index (χ0) is 24.3. The van der Waals surface area contributed by atoms with Crippen LogP contribution in [0.3, 0.4) is 0 Å². The van der Waals surface area contributed by atoms with Crippen LogP contribution < -0.4 is 14.8 Å². The summed E-state index contributed by atoms with van der Waals surface area (Å²) in [4.78, 5) is 13.2. The summed E-state index contributed by atoms with van der Waals surface area (Å²) in [5, 5.41) is 2.81. The Morgan fingerprint density at radius 3 is 2.38 bits per heavy atom. The summed E-state index contributed by atoms with van der Waals surface area (Å²) in [5.74, 6) is -0.524. The van der Waals surface area contributed by atoms with Gasteiger partial charge in [-0.3, -0.25) is 4.79 Å². The molecular weight excluding hydrogens is 465 g/mol. The van der Waals surface area contributed by atoms with Gasteiger partial charge in [0, 0.05) is 17.3 Å². The molecule has 0 aliphatic heterocycles. The monoisotopic (exact) mass is 488 g/mol. The Hall–Kier alpha value is -3.17. The van der Waals surface area contributed by atoms with Gasteiger partial charge in [0.2, 0.25) is 5.91 Å².